The molecule has 1 saturated heterocycles. The number of hydrogen-bond acceptors (Lipinski definition) is 3. The summed E-state index contributed by atoms with van der Waals surface area (Å²) in [5, 5.41) is 3.24. The van der Waals surface area contributed by atoms with Crippen molar-refractivity contribution in [3.63, 3.8) is 0 Å². The lowest BCUT2D eigenvalue weighted by molar-refractivity contribution is 0.772. The molecule has 1 aliphatic rings. The molecular weight excluding hydrogens is 258 g/mol. The van der Waals surface area contributed by atoms with Gasteiger partial charge in [0.15, 0.2) is 0 Å². The zero-order chi connectivity index (χ0) is 14.7. The van der Waals surface area contributed by atoms with Crippen LogP contribution >= 0.6 is 0 Å². The molecule has 2 aromatic rings. The molecule has 1 N–H and O–H groups in total. The summed E-state index contributed by atoms with van der Waals surface area (Å²) in [6.07, 6.45) is 3.24. The van der Waals surface area contributed by atoms with Gasteiger partial charge in [-0.2, -0.15) is 0 Å². The molecule has 1 aliphatic heterocycles. The molecule has 2 heterocycles. The van der Waals surface area contributed by atoms with Crippen LogP contribution < -0.4 is 10.2 Å². The average molecular weight is 281 g/mol. The van der Waals surface area contributed by atoms with Crippen LogP contribution in [0.3, 0.4) is 0 Å². The Kier molecular flexibility index (Phi) is 4.20. The number of hydrogen-bond donors (Lipinski definition) is 1. The van der Waals surface area contributed by atoms with Crippen molar-refractivity contribution in [2.75, 3.05) is 25.0 Å². The zero-order valence-electron chi connectivity index (χ0n) is 12.8. The Balaban J connectivity index is 1.81. The highest BCUT2D eigenvalue weighted by Gasteiger charge is 2.25. The first kappa shape index (κ1) is 14.1. The number of anilines is 1. The molecule has 0 aliphatic carbocycles. The first-order valence-corrected chi connectivity index (χ1v) is 7.68. The van der Waals surface area contributed by atoms with Crippen LogP contribution in [-0.2, 0) is 6.54 Å². The average Bonchev–Trinajstić information content (AvgIpc) is 3.00. The van der Waals surface area contributed by atoms with Crippen LogP contribution in [0.5, 0.6) is 0 Å². The van der Waals surface area contributed by atoms with E-state index >= 15 is 0 Å². The predicted molar refractivity (Wildman–Crippen MR) is 87.8 cm³/mol. The van der Waals surface area contributed by atoms with Gasteiger partial charge in [-0.3, -0.25) is 4.98 Å². The van der Waals surface area contributed by atoms with Crippen molar-refractivity contribution in [1.29, 1.82) is 0 Å². The largest absolute Gasteiger partial charge is 0.371 e. The topological polar surface area (TPSA) is 28.2 Å². The Bertz CT molecular complexity index is 595. The number of nitrogens with one attached hydrogen (secondary N) is 1. The molecule has 0 radical (unpaired) electrons. The van der Waals surface area contributed by atoms with E-state index in [1.807, 2.05) is 13.2 Å². The van der Waals surface area contributed by atoms with Crippen molar-refractivity contribution in [1.82, 2.24) is 10.3 Å². The fourth-order valence-corrected chi connectivity index (χ4v) is 3.17. The number of aryl methyl sites for hydroxylation is 1. The van der Waals surface area contributed by atoms with Gasteiger partial charge in [0.05, 0.1) is 0 Å². The third-order valence-corrected chi connectivity index (χ3v) is 4.27. The lowest BCUT2D eigenvalue weighted by atomic mass is 9.99. The minimum Gasteiger partial charge on any atom is -0.371 e. The number of rotatable bonds is 4. The summed E-state index contributed by atoms with van der Waals surface area (Å²) in [5.74, 6) is 0.641. The van der Waals surface area contributed by atoms with Crippen LogP contribution in [0.2, 0.25) is 0 Å². The molecule has 1 atom stereocenters. The summed E-state index contributed by atoms with van der Waals surface area (Å²) in [4.78, 5) is 6.95. The summed E-state index contributed by atoms with van der Waals surface area (Å²) in [6.45, 7) is 5.16. The van der Waals surface area contributed by atoms with E-state index in [9.17, 15) is 0 Å². The lowest BCUT2D eigenvalue weighted by Gasteiger charge is -2.22. The minimum absolute atomic E-state index is 0.641. The predicted octanol–water partition coefficient (Wildman–Crippen LogP) is 3.10. The summed E-state index contributed by atoms with van der Waals surface area (Å²) in [6, 6.07) is 13.1. The smallest absolute Gasteiger partial charge is 0.0445 e. The number of aromatic nitrogens is 1. The highest BCUT2D eigenvalue weighted by molar-refractivity contribution is 5.55. The van der Waals surface area contributed by atoms with Crippen molar-refractivity contribution in [3.8, 4) is 0 Å². The standard InChI is InChI=1S/C18H23N3/c1-14-10-18(17(11-19-2)12-20-14)21-9-8-16(13-21)15-6-4-3-5-7-15/h3-7,10,12,16,19H,8-9,11,13H2,1-2H3. The number of pyridine rings is 1. The van der Waals surface area contributed by atoms with Gasteiger partial charge in [-0.15, -0.1) is 0 Å². The van der Waals surface area contributed by atoms with Gasteiger partial charge >= 0.3 is 0 Å². The molecule has 21 heavy (non-hydrogen) atoms. The maximum Gasteiger partial charge on any atom is 0.0445 e. The Labute approximate surface area is 127 Å². The second-order valence-electron chi connectivity index (χ2n) is 5.83. The van der Waals surface area contributed by atoms with Gasteiger partial charge < -0.3 is 10.2 Å². The molecule has 1 aromatic carbocycles. The first-order chi connectivity index (χ1) is 10.3. The van der Waals surface area contributed by atoms with Crippen LogP contribution in [0.1, 0.15) is 29.2 Å². The van der Waals surface area contributed by atoms with Crippen molar-refractivity contribution >= 4 is 5.69 Å². The fourth-order valence-electron chi connectivity index (χ4n) is 3.17. The first-order valence-electron chi connectivity index (χ1n) is 7.68. The molecule has 1 aromatic heterocycles. The van der Waals surface area contributed by atoms with E-state index in [1.165, 1.54) is 23.2 Å². The van der Waals surface area contributed by atoms with Crippen LogP contribution in [-0.4, -0.2) is 25.1 Å². The summed E-state index contributed by atoms with van der Waals surface area (Å²) < 4.78 is 0. The molecule has 0 bridgehead atoms. The van der Waals surface area contributed by atoms with Crippen molar-refractivity contribution < 1.29 is 0 Å². The molecule has 3 heteroatoms. The Morgan fingerprint density at radius 2 is 2.10 bits per heavy atom. The molecule has 1 unspecified atom stereocenters. The lowest BCUT2D eigenvalue weighted by Crippen LogP contribution is -2.22. The van der Waals surface area contributed by atoms with Crippen LogP contribution in [0, 0.1) is 6.92 Å². The van der Waals surface area contributed by atoms with Gasteiger partial charge in [0.1, 0.15) is 0 Å². The highest BCUT2D eigenvalue weighted by Crippen LogP contribution is 2.32. The minimum atomic E-state index is 0.641. The zero-order valence-corrected chi connectivity index (χ0v) is 12.8. The normalized spacial score (nSPS) is 18.2. The van der Waals surface area contributed by atoms with Gasteiger partial charge in [0.25, 0.3) is 0 Å². The highest BCUT2D eigenvalue weighted by atomic mass is 15.2. The van der Waals surface area contributed by atoms with E-state index in [0.29, 0.717) is 5.92 Å². The Morgan fingerprint density at radius 1 is 1.29 bits per heavy atom. The molecule has 0 saturated carbocycles. The van der Waals surface area contributed by atoms with Crippen molar-refractivity contribution in [2.45, 2.75) is 25.8 Å². The third kappa shape index (κ3) is 3.08. The molecule has 1 fully saturated rings. The second kappa shape index (κ2) is 6.27. The Hall–Kier alpha value is -1.87. The van der Waals surface area contributed by atoms with E-state index in [0.717, 1.165) is 25.3 Å². The maximum absolute atomic E-state index is 4.44. The molecule has 0 spiro atoms. The van der Waals surface area contributed by atoms with Crippen molar-refractivity contribution in [2.24, 2.45) is 0 Å². The third-order valence-electron chi connectivity index (χ3n) is 4.27. The van der Waals surface area contributed by atoms with Crippen LogP contribution in [0.15, 0.2) is 42.6 Å². The maximum atomic E-state index is 4.44. The van der Waals surface area contributed by atoms with Gasteiger partial charge in [-0.25, -0.2) is 0 Å². The summed E-state index contributed by atoms with van der Waals surface area (Å²) in [5.41, 5.74) is 5.18. The van der Waals surface area contributed by atoms with Crippen LogP contribution in [0.25, 0.3) is 0 Å². The number of benzene rings is 1. The van der Waals surface area contributed by atoms with E-state index in [2.05, 4.69) is 58.5 Å². The molecule has 3 rings (SSSR count). The molecule has 3 nitrogen and oxygen atoms in total. The van der Waals surface area contributed by atoms with Gasteiger partial charge in [-0.1, -0.05) is 30.3 Å². The SMILES string of the molecule is CNCc1cnc(C)cc1N1CCC(c2ccccc2)C1. The van der Waals surface area contributed by atoms with Crippen LogP contribution in [0.4, 0.5) is 5.69 Å². The number of nitrogens with zero attached hydrogens (tertiary/aromatic N) is 2. The second-order valence-corrected chi connectivity index (χ2v) is 5.83. The summed E-state index contributed by atoms with van der Waals surface area (Å²) in [7, 11) is 1.99. The van der Waals surface area contributed by atoms with E-state index in [-0.39, 0.29) is 0 Å². The van der Waals surface area contributed by atoms with Gasteiger partial charge in [-0.05, 0) is 32.0 Å². The van der Waals surface area contributed by atoms with E-state index in [1.54, 1.807) is 0 Å². The van der Waals surface area contributed by atoms with E-state index in [4.69, 9.17) is 0 Å². The van der Waals surface area contributed by atoms with E-state index < -0.39 is 0 Å². The molecule has 0 amide bonds. The monoisotopic (exact) mass is 281 g/mol. The quantitative estimate of drug-likeness (QED) is 0.933. The van der Waals surface area contributed by atoms with Gasteiger partial charge in [0.2, 0.25) is 0 Å². The Morgan fingerprint density at radius 3 is 2.86 bits per heavy atom. The fraction of sp³-hybridized carbons (Fsp3) is 0.389. The molecular formula is C18H23N3. The van der Waals surface area contributed by atoms with Crippen molar-refractivity contribution in [3.05, 3.63) is 59.4 Å². The van der Waals surface area contributed by atoms with Gasteiger partial charge in [0, 0.05) is 48.7 Å². The molecule has 110 valence electrons. The summed E-state index contributed by atoms with van der Waals surface area (Å²) >= 11 is 0.